The Kier molecular flexibility index (Phi) is 6.20. The van der Waals surface area contributed by atoms with Crippen molar-refractivity contribution in [2.75, 3.05) is 4.72 Å². The molecule has 3 N–H and O–H groups in total. The minimum Gasteiger partial charge on any atom is -0.506 e. The molecular formula is C18H16N4O5S2. The Morgan fingerprint density at radius 3 is 2.55 bits per heavy atom. The highest BCUT2D eigenvalue weighted by molar-refractivity contribution is 7.93. The molecule has 0 radical (unpaired) electrons. The lowest BCUT2D eigenvalue weighted by atomic mass is 10.1. The van der Waals surface area contributed by atoms with E-state index in [-0.39, 0.29) is 27.9 Å². The summed E-state index contributed by atoms with van der Waals surface area (Å²) in [6, 6.07) is 10.3. The number of phenolic OH excluding ortho intramolecular Hbond substituents is 1. The number of phenols is 1. The van der Waals surface area contributed by atoms with Gasteiger partial charge in [-0.2, -0.15) is 5.11 Å². The molecule has 0 aliphatic heterocycles. The van der Waals surface area contributed by atoms with Crippen molar-refractivity contribution in [2.45, 2.75) is 17.7 Å². The summed E-state index contributed by atoms with van der Waals surface area (Å²) in [6.07, 6.45) is 1.77. The number of hydrogen-bond donors (Lipinski definition) is 3. The van der Waals surface area contributed by atoms with Crippen molar-refractivity contribution in [3.63, 3.8) is 0 Å². The van der Waals surface area contributed by atoms with E-state index in [2.05, 4.69) is 19.9 Å². The smallest absolute Gasteiger partial charge is 0.303 e. The van der Waals surface area contributed by atoms with Gasteiger partial charge in [0, 0.05) is 18.0 Å². The topological polar surface area (TPSA) is 141 Å². The van der Waals surface area contributed by atoms with Gasteiger partial charge in [0.25, 0.3) is 10.0 Å². The Morgan fingerprint density at radius 1 is 1.14 bits per heavy atom. The van der Waals surface area contributed by atoms with Gasteiger partial charge >= 0.3 is 5.97 Å². The minimum absolute atomic E-state index is 0.0354. The van der Waals surface area contributed by atoms with E-state index in [4.69, 9.17) is 5.11 Å². The lowest BCUT2D eigenvalue weighted by Crippen LogP contribution is -2.12. The summed E-state index contributed by atoms with van der Waals surface area (Å²) in [6.45, 7) is 0. The summed E-state index contributed by atoms with van der Waals surface area (Å²) in [5.41, 5.74) is 1.28. The van der Waals surface area contributed by atoms with E-state index in [1.165, 1.54) is 47.9 Å². The number of aliphatic carboxylic acids is 1. The zero-order valence-corrected chi connectivity index (χ0v) is 16.5. The minimum atomic E-state index is -3.76. The van der Waals surface area contributed by atoms with E-state index in [9.17, 15) is 18.3 Å². The monoisotopic (exact) mass is 432 g/mol. The van der Waals surface area contributed by atoms with Gasteiger partial charge in [0.05, 0.1) is 10.6 Å². The van der Waals surface area contributed by atoms with Crippen molar-refractivity contribution in [1.82, 2.24) is 4.98 Å². The molecule has 0 saturated heterocycles. The van der Waals surface area contributed by atoms with E-state index in [1.807, 2.05) is 0 Å². The number of carbonyl (C=O) groups is 1. The van der Waals surface area contributed by atoms with Crippen molar-refractivity contribution in [2.24, 2.45) is 10.2 Å². The number of thiazole rings is 1. The number of nitrogens with zero attached hydrogens (tertiary/aromatic N) is 3. The molecule has 0 saturated carbocycles. The summed E-state index contributed by atoms with van der Waals surface area (Å²) in [5.74, 6) is -1.01. The average Bonchev–Trinajstić information content (AvgIpc) is 3.19. The number of azo groups is 1. The Bertz CT molecular complexity index is 1130. The number of nitrogens with one attached hydrogen (secondary N) is 1. The molecular weight excluding hydrogens is 416 g/mol. The summed E-state index contributed by atoms with van der Waals surface area (Å²) in [4.78, 5) is 14.6. The molecule has 0 fully saturated rings. The van der Waals surface area contributed by atoms with Crippen molar-refractivity contribution < 1.29 is 23.4 Å². The average molecular weight is 432 g/mol. The van der Waals surface area contributed by atoms with Gasteiger partial charge in [0.2, 0.25) is 0 Å². The van der Waals surface area contributed by atoms with Gasteiger partial charge in [-0.1, -0.05) is 6.07 Å². The summed E-state index contributed by atoms with van der Waals surface area (Å²) < 4.78 is 27.0. The van der Waals surface area contributed by atoms with Gasteiger partial charge in [-0.15, -0.1) is 16.5 Å². The summed E-state index contributed by atoms with van der Waals surface area (Å²) in [7, 11) is -3.76. The van der Waals surface area contributed by atoms with Crippen molar-refractivity contribution >= 4 is 43.8 Å². The van der Waals surface area contributed by atoms with Crippen molar-refractivity contribution in [3.8, 4) is 5.75 Å². The van der Waals surface area contributed by atoms with Gasteiger partial charge in [0.15, 0.2) is 5.13 Å². The van der Waals surface area contributed by atoms with Crippen LogP contribution in [0.2, 0.25) is 0 Å². The maximum absolute atomic E-state index is 12.3. The van der Waals surface area contributed by atoms with Gasteiger partial charge < -0.3 is 10.2 Å². The molecule has 0 bridgehead atoms. The lowest BCUT2D eigenvalue weighted by Gasteiger charge is -2.05. The third-order valence-corrected chi connectivity index (χ3v) is 5.91. The van der Waals surface area contributed by atoms with Crippen LogP contribution in [0.1, 0.15) is 12.0 Å². The molecule has 1 aromatic heterocycles. The predicted octanol–water partition coefficient (Wildman–Crippen LogP) is 4.08. The van der Waals surface area contributed by atoms with Crippen LogP contribution in [0.5, 0.6) is 5.75 Å². The van der Waals surface area contributed by atoms with Crippen LogP contribution in [0.25, 0.3) is 0 Å². The number of aryl methyl sites for hydroxylation is 1. The number of carboxylic acid groups (broad SMARTS) is 1. The number of aromatic hydroxyl groups is 1. The molecule has 3 rings (SSSR count). The van der Waals surface area contributed by atoms with Gasteiger partial charge in [0.1, 0.15) is 11.4 Å². The molecule has 3 aromatic rings. The molecule has 0 aliphatic rings. The Hall–Kier alpha value is -3.31. The standard InChI is InChI=1S/C18H16N4O5S2/c23-16-7-1-12(2-8-17(24)25)11-15(16)21-20-13-3-5-14(6-4-13)29(26,27)22-18-19-9-10-28-18/h1,3-7,9-11,23H,2,8H2,(H,19,22)(H,24,25). The van der Waals surface area contributed by atoms with Gasteiger partial charge in [-0.05, 0) is 48.4 Å². The third kappa shape index (κ3) is 5.59. The van der Waals surface area contributed by atoms with Crippen LogP contribution in [0.3, 0.4) is 0 Å². The van der Waals surface area contributed by atoms with Crippen LogP contribution < -0.4 is 4.72 Å². The van der Waals surface area contributed by atoms with E-state index in [1.54, 1.807) is 17.5 Å². The second-order valence-electron chi connectivity index (χ2n) is 5.85. The number of rotatable bonds is 8. The molecule has 1 heterocycles. The molecule has 0 spiro atoms. The number of carboxylic acids is 1. The molecule has 11 heteroatoms. The van der Waals surface area contributed by atoms with E-state index in [0.29, 0.717) is 17.7 Å². The van der Waals surface area contributed by atoms with Crippen LogP contribution in [-0.2, 0) is 21.2 Å². The number of sulfonamides is 1. The summed E-state index contributed by atoms with van der Waals surface area (Å²) >= 11 is 1.17. The number of anilines is 1. The zero-order valence-electron chi connectivity index (χ0n) is 14.9. The molecule has 0 aliphatic carbocycles. The highest BCUT2D eigenvalue weighted by atomic mass is 32.2. The van der Waals surface area contributed by atoms with Crippen LogP contribution >= 0.6 is 11.3 Å². The molecule has 0 unspecified atom stereocenters. The van der Waals surface area contributed by atoms with Gasteiger partial charge in [-0.25, -0.2) is 13.4 Å². The number of benzene rings is 2. The van der Waals surface area contributed by atoms with E-state index >= 15 is 0 Å². The molecule has 150 valence electrons. The Morgan fingerprint density at radius 2 is 1.90 bits per heavy atom. The fourth-order valence-corrected chi connectivity index (χ4v) is 4.10. The Labute approximate surface area is 170 Å². The maximum atomic E-state index is 12.3. The highest BCUT2D eigenvalue weighted by Crippen LogP contribution is 2.30. The third-order valence-electron chi connectivity index (χ3n) is 3.74. The van der Waals surface area contributed by atoms with Crippen LogP contribution in [0.15, 0.2) is 69.2 Å². The first kappa shape index (κ1) is 20.4. The number of aromatic nitrogens is 1. The predicted molar refractivity (Wildman–Crippen MR) is 108 cm³/mol. The zero-order chi connectivity index (χ0) is 20.9. The normalized spacial score (nSPS) is 11.6. The van der Waals surface area contributed by atoms with E-state index < -0.39 is 16.0 Å². The van der Waals surface area contributed by atoms with Gasteiger partial charge in [-0.3, -0.25) is 9.52 Å². The first-order chi connectivity index (χ1) is 13.8. The summed E-state index contributed by atoms with van der Waals surface area (Å²) in [5, 5.41) is 28.6. The largest absolute Gasteiger partial charge is 0.506 e. The fraction of sp³-hybridized carbons (Fsp3) is 0.111. The quantitative estimate of drug-likeness (QED) is 0.458. The molecule has 2 aromatic carbocycles. The van der Waals surface area contributed by atoms with Crippen molar-refractivity contribution in [1.29, 1.82) is 0 Å². The second kappa shape index (κ2) is 8.80. The SMILES string of the molecule is O=C(O)CCc1ccc(O)c(N=Nc2ccc(S(=O)(=O)Nc3nccs3)cc2)c1. The molecule has 0 amide bonds. The van der Waals surface area contributed by atoms with Crippen LogP contribution in [-0.4, -0.2) is 29.6 Å². The van der Waals surface area contributed by atoms with Crippen molar-refractivity contribution in [3.05, 3.63) is 59.6 Å². The fourth-order valence-electron chi connectivity index (χ4n) is 2.31. The first-order valence-corrected chi connectivity index (χ1v) is 10.7. The molecule has 29 heavy (non-hydrogen) atoms. The second-order valence-corrected chi connectivity index (χ2v) is 8.43. The maximum Gasteiger partial charge on any atom is 0.303 e. The lowest BCUT2D eigenvalue weighted by molar-refractivity contribution is -0.136. The highest BCUT2D eigenvalue weighted by Gasteiger charge is 2.15. The van der Waals surface area contributed by atoms with Crippen LogP contribution in [0, 0.1) is 0 Å². The molecule has 9 nitrogen and oxygen atoms in total. The first-order valence-electron chi connectivity index (χ1n) is 8.31. The van der Waals surface area contributed by atoms with E-state index in [0.717, 1.165) is 0 Å². The van der Waals surface area contributed by atoms with Crippen LogP contribution in [0.4, 0.5) is 16.5 Å². The Balaban J connectivity index is 1.73. The number of hydrogen-bond acceptors (Lipinski definition) is 8. The molecule has 0 atom stereocenters.